The zero-order valence-electron chi connectivity index (χ0n) is 15.5. The van der Waals surface area contributed by atoms with E-state index in [1.54, 1.807) is 4.90 Å². The number of likely N-dealkylation sites (tertiary alicyclic amines) is 2. The number of Topliss-reactive ketones (excluding diaryl/α,β-unsaturated/α-hetero) is 1. The van der Waals surface area contributed by atoms with Gasteiger partial charge in [0.15, 0.2) is 0 Å². The molecule has 0 aromatic heterocycles. The van der Waals surface area contributed by atoms with Gasteiger partial charge in [0.2, 0.25) is 5.91 Å². The molecule has 0 spiro atoms. The lowest BCUT2D eigenvalue weighted by Gasteiger charge is -2.23. The molecule has 0 bridgehead atoms. The minimum Gasteiger partial charge on any atom is -0.489 e. The maximum Gasteiger partial charge on any atom is 0.237 e. The second kappa shape index (κ2) is 7.69. The minimum atomic E-state index is -0.255. The van der Waals surface area contributed by atoms with Gasteiger partial charge in [-0.2, -0.15) is 5.26 Å². The van der Waals surface area contributed by atoms with Crippen LogP contribution < -0.4 is 4.74 Å². The Morgan fingerprint density at radius 3 is 2.96 bits per heavy atom. The first-order valence-electron chi connectivity index (χ1n) is 9.84. The average Bonchev–Trinajstić information content (AvgIpc) is 3.31. The number of nitriles is 1. The normalized spacial score (nSPS) is 25.3. The monoisotopic (exact) mass is 367 g/mol. The number of fused-ring (bicyclic) bond motifs is 1. The number of amides is 1. The van der Waals surface area contributed by atoms with Crippen LogP contribution in [0.5, 0.6) is 5.75 Å². The number of ether oxygens (including phenoxy) is 1. The van der Waals surface area contributed by atoms with E-state index in [1.807, 2.05) is 12.1 Å². The Morgan fingerprint density at radius 1 is 1.22 bits per heavy atom. The van der Waals surface area contributed by atoms with E-state index in [1.165, 1.54) is 5.56 Å². The number of carbonyl (C=O) groups is 2. The summed E-state index contributed by atoms with van der Waals surface area (Å²) >= 11 is 0. The molecule has 2 aliphatic heterocycles. The summed E-state index contributed by atoms with van der Waals surface area (Å²) in [5, 5.41) is 9.15. The summed E-state index contributed by atoms with van der Waals surface area (Å²) < 4.78 is 6.14. The summed E-state index contributed by atoms with van der Waals surface area (Å²) in [5.41, 5.74) is 2.34. The van der Waals surface area contributed by atoms with Crippen molar-refractivity contribution in [3.8, 4) is 11.8 Å². The molecule has 0 N–H and O–H groups in total. The molecule has 2 heterocycles. The molecule has 1 amide bonds. The zero-order chi connectivity index (χ0) is 18.8. The quantitative estimate of drug-likeness (QED) is 0.810. The van der Waals surface area contributed by atoms with Crippen LogP contribution in [0.15, 0.2) is 18.2 Å². The van der Waals surface area contributed by atoms with Crippen molar-refractivity contribution in [1.29, 1.82) is 5.26 Å². The molecule has 1 aromatic carbocycles. The smallest absolute Gasteiger partial charge is 0.237 e. The van der Waals surface area contributed by atoms with Gasteiger partial charge in [0.1, 0.15) is 23.7 Å². The third-order valence-electron chi connectivity index (χ3n) is 5.85. The molecule has 1 aliphatic carbocycles. The molecule has 0 saturated carbocycles. The molecule has 142 valence electrons. The Kier molecular flexibility index (Phi) is 5.13. The van der Waals surface area contributed by atoms with Gasteiger partial charge in [-0.3, -0.25) is 14.5 Å². The van der Waals surface area contributed by atoms with Crippen molar-refractivity contribution in [1.82, 2.24) is 9.80 Å². The Labute approximate surface area is 159 Å². The van der Waals surface area contributed by atoms with Crippen LogP contribution in [-0.2, 0) is 22.4 Å². The number of nitrogens with zero attached hydrogens (tertiary/aromatic N) is 3. The average molecular weight is 367 g/mol. The lowest BCUT2D eigenvalue weighted by Crippen LogP contribution is -2.42. The van der Waals surface area contributed by atoms with Crippen LogP contribution in [0.1, 0.15) is 36.8 Å². The molecule has 2 fully saturated rings. The second-order valence-electron chi connectivity index (χ2n) is 7.78. The fourth-order valence-corrected chi connectivity index (χ4v) is 4.37. The van der Waals surface area contributed by atoms with Crippen molar-refractivity contribution in [2.24, 2.45) is 0 Å². The highest BCUT2D eigenvalue weighted by molar-refractivity contribution is 5.83. The lowest BCUT2D eigenvalue weighted by atomic mass is 9.91. The topological polar surface area (TPSA) is 73.6 Å². The zero-order valence-corrected chi connectivity index (χ0v) is 15.5. The van der Waals surface area contributed by atoms with E-state index < -0.39 is 0 Å². The Balaban J connectivity index is 1.30. The molecule has 4 rings (SSSR count). The van der Waals surface area contributed by atoms with Crippen molar-refractivity contribution in [3.63, 3.8) is 0 Å². The maximum atomic E-state index is 12.5. The second-order valence-corrected chi connectivity index (χ2v) is 7.78. The number of carbonyl (C=O) groups excluding carboxylic acids is 2. The van der Waals surface area contributed by atoms with Crippen molar-refractivity contribution in [3.05, 3.63) is 29.3 Å². The number of hydrogen-bond acceptors (Lipinski definition) is 5. The third-order valence-corrected chi connectivity index (χ3v) is 5.85. The molecule has 3 aliphatic rings. The van der Waals surface area contributed by atoms with Crippen LogP contribution in [0.25, 0.3) is 0 Å². The summed E-state index contributed by atoms with van der Waals surface area (Å²) in [6.45, 7) is 2.63. The van der Waals surface area contributed by atoms with Gasteiger partial charge in [-0.05, 0) is 48.9 Å². The molecule has 2 atom stereocenters. The van der Waals surface area contributed by atoms with E-state index in [-0.39, 0.29) is 18.1 Å². The summed E-state index contributed by atoms with van der Waals surface area (Å²) in [6, 6.07) is 8.00. The van der Waals surface area contributed by atoms with Crippen molar-refractivity contribution in [2.45, 2.75) is 50.7 Å². The van der Waals surface area contributed by atoms with Crippen LogP contribution in [0, 0.1) is 11.3 Å². The van der Waals surface area contributed by atoms with Crippen molar-refractivity contribution >= 4 is 11.7 Å². The number of aryl methyl sites for hydroxylation is 1. The summed E-state index contributed by atoms with van der Waals surface area (Å²) in [7, 11) is 0. The van der Waals surface area contributed by atoms with Gasteiger partial charge in [-0.1, -0.05) is 6.07 Å². The van der Waals surface area contributed by atoms with Crippen LogP contribution in [0.2, 0.25) is 0 Å². The molecule has 6 heteroatoms. The molecule has 0 unspecified atom stereocenters. The summed E-state index contributed by atoms with van der Waals surface area (Å²) in [4.78, 5) is 27.9. The van der Waals surface area contributed by atoms with E-state index in [2.05, 4.69) is 17.0 Å². The van der Waals surface area contributed by atoms with Crippen LogP contribution >= 0.6 is 0 Å². The van der Waals surface area contributed by atoms with Gasteiger partial charge >= 0.3 is 0 Å². The highest BCUT2D eigenvalue weighted by atomic mass is 16.5. The first-order valence-corrected chi connectivity index (χ1v) is 9.84. The molecule has 6 nitrogen and oxygen atoms in total. The van der Waals surface area contributed by atoms with Gasteiger partial charge in [-0.25, -0.2) is 0 Å². The van der Waals surface area contributed by atoms with E-state index in [0.29, 0.717) is 31.7 Å². The van der Waals surface area contributed by atoms with Crippen molar-refractivity contribution in [2.75, 3.05) is 26.2 Å². The van der Waals surface area contributed by atoms with Crippen LogP contribution in [-0.4, -0.2) is 59.8 Å². The number of hydrogen-bond donors (Lipinski definition) is 0. The predicted molar refractivity (Wildman–Crippen MR) is 99.3 cm³/mol. The predicted octanol–water partition coefficient (Wildman–Crippen LogP) is 1.71. The summed E-state index contributed by atoms with van der Waals surface area (Å²) in [5.74, 6) is 1.22. The van der Waals surface area contributed by atoms with Crippen molar-refractivity contribution < 1.29 is 14.3 Å². The highest BCUT2D eigenvalue weighted by Gasteiger charge is 2.32. The van der Waals surface area contributed by atoms with Gasteiger partial charge < -0.3 is 9.64 Å². The number of ketones is 1. The highest BCUT2D eigenvalue weighted by Crippen LogP contribution is 2.26. The van der Waals surface area contributed by atoms with Gasteiger partial charge in [0.25, 0.3) is 0 Å². The molecule has 0 radical (unpaired) electrons. The third kappa shape index (κ3) is 3.98. The Bertz CT molecular complexity index is 785. The fourth-order valence-electron chi connectivity index (χ4n) is 4.37. The minimum absolute atomic E-state index is 0.0538. The van der Waals surface area contributed by atoms with E-state index >= 15 is 0 Å². The maximum absolute atomic E-state index is 12.5. The van der Waals surface area contributed by atoms with E-state index in [0.717, 1.165) is 50.1 Å². The fraction of sp³-hybridized carbons (Fsp3) is 0.571. The Morgan fingerprint density at radius 2 is 2.11 bits per heavy atom. The number of rotatable bonds is 4. The molecule has 27 heavy (non-hydrogen) atoms. The number of benzene rings is 1. The molecular weight excluding hydrogens is 342 g/mol. The van der Waals surface area contributed by atoms with Gasteiger partial charge in [0.05, 0.1) is 12.6 Å². The first-order chi connectivity index (χ1) is 13.1. The largest absolute Gasteiger partial charge is 0.489 e. The standard InChI is InChI=1S/C21H25N3O3/c22-12-17-2-1-8-24(17)21(26)14-23-9-7-20(13-23)27-19-6-4-15-10-18(25)5-3-16(15)11-19/h4,6,11,17,20H,1-3,5,7-10,13-14H2/t17-,20-/m0/s1. The first kappa shape index (κ1) is 18.0. The summed E-state index contributed by atoms with van der Waals surface area (Å²) in [6.07, 6.45) is 4.63. The van der Waals surface area contributed by atoms with Gasteiger partial charge in [-0.15, -0.1) is 0 Å². The lowest BCUT2D eigenvalue weighted by molar-refractivity contribution is -0.132. The molecular formula is C21H25N3O3. The SMILES string of the molecule is N#C[C@@H]1CCCN1C(=O)CN1CC[C@H](Oc2ccc3c(c2)CCC(=O)C3)C1. The molecule has 2 saturated heterocycles. The van der Waals surface area contributed by atoms with Gasteiger partial charge in [0, 0.05) is 32.5 Å². The van der Waals surface area contributed by atoms with E-state index in [4.69, 9.17) is 10.00 Å². The molecule has 1 aromatic rings. The van der Waals surface area contributed by atoms with E-state index in [9.17, 15) is 9.59 Å². The Hall–Kier alpha value is -2.39. The van der Waals surface area contributed by atoms with Crippen LogP contribution in [0.3, 0.4) is 0 Å². The van der Waals surface area contributed by atoms with Crippen LogP contribution in [0.4, 0.5) is 0 Å².